The largest absolute Gasteiger partial charge is 0.361 e. The number of hydrogen-bond acceptors (Lipinski definition) is 3. The van der Waals surface area contributed by atoms with Crippen LogP contribution in [0.15, 0.2) is 30.6 Å². The van der Waals surface area contributed by atoms with E-state index in [1.807, 2.05) is 13.1 Å². The summed E-state index contributed by atoms with van der Waals surface area (Å²) in [6.07, 6.45) is 4.54. The van der Waals surface area contributed by atoms with Crippen LogP contribution >= 0.6 is 11.3 Å². The fourth-order valence-corrected chi connectivity index (χ4v) is 3.03. The Hall–Kier alpha value is -2.34. The van der Waals surface area contributed by atoms with E-state index in [2.05, 4.69) is 45.7 Å². The lowest BCUT2D eigenvalue weighted by molar-refractivity contribution is 0.252. The number of carbonyl (C=O) groups excluding carboxylic acids is 1. The van der Waals surface area contributed by atoms with Crippen LogP contribution in [-0.4, -0.2) is 22.5 Å². The first kappa shape index (κ1) is 14.6. The van der Waals surface area contributed by atoms with Crippen molar-refractivity contribution in [2.45, 2.75) is 20.3 Å². The summed E-state index contributed by atoms with van der Waals surface area (Å²) >= 11 is 1.46. The molecule has 0 bridgehead atoms. The van der Waals surface area contributed by atoms with Crippen molar-refractivity contribution < 1.29 is 4.79 Å². The van der Waals surface area contributed by atoms with Crippen molar-refractivity contribution in [3.8, 4) is 0 Å². The number of anilines is 1. The zero-order valence-electron chi connectivity index (χ0n) is 12.6. The Morgan fingerprint density at radius 1 is 1.36 bits per heavy atom. The maximum absolute atomic E-state index is 11.8. The maximum Gasteiger partial charge on any atom is 0.321 e. The Kier molecular flexibility index (Phi) is 4.11. The van der Waals surface area contributed by atoms with Gasteiger partial charge in [-0.2, -0.15) is 0 Å². The Morgan fingerprint density at radius 2 is 2.23 bits per heavy atom. The molecule has 114 valence electrons. The molecule has 2 heterocycles. The molecule has 0 spiro atoms. The first-order valence-electron chi connectivity index (χ1n) is 7.16. The minimum Gasteiger partial charge on any atom is -0.361 e. The molecule has 0 atom stereocenters. The van der Waals surface area contributed by atoms with E-state index < -0.39 is 0 Å². The Balaban J connectivity index is 1.54. The number of aryl methyl sites for hydroxylation is 2. The molecule has 0 radical (unpaired) electrons. The summed E-state index contributed by atoms with van der Waals surface area (Å²) in [5, 5.41) is 7.43. The standard InChI is InChI=1S/C16H18N4OS/c1-10-3-4-13-12(9-18-14(13)7-10)5-6-17-15(21)20-16-19-8-11(2)22-16/h3-4,7-9,18H,5-6H2,1-2H3,(H2,17,19,20,21). The number of nitrogens with zero attached hydrogens (tertiary/aromatic N) is 1. The molecule has 0 aliphatic heterocycles. The fourth-order valence-electron chi connectivity index (χ4n) is 2.37. The molecule has 0 aliphatic rings. The molecule has 3 N–H and O–H groups in total. The van der Waals surface area contributed by atoms with Gasteiger partial charge in [-0.15, -0.1) is 11.3 Å². The van der Waals surface area contributed by atoms with Gasteiger partial charge in [0.2, 0.25) is 0 Å². The molecule has 22 heavy (non-hydrogen) atoms. The topological polar surface area (TPSA) is 69.8 Å². The SMILES string of the molecule is Cc1ccc2c(CCNC(=O)Nc3ncc(C)s3)c[nH]c2c1. The molecular formula is C16H18N4OS. The number of benzene rings is 1. The van der Waals surface area contributed by atoms with Crippen LogP contribution in [0.2, 0.25) is 0 Å². The summed E-state index contributed by atoms with van der Waals surface area (Å²) in [5.41, 5.74) is 3.58. The van der Waals surface area contributed by atoms with Crippen molar-refractivity contribution in [1.82, 2.24) is 15.3 Å². The van der Waals surface area contributed by atoms with Gasteiger partial charge in [0.1, 0.15) is 0 Å². The highest BCUT2D eigenvalue weighted by atomic mass is 32.1. The highest BCUT2D eigenvalue weighted by molar-refractivity contribution is 7.15. The minimum atomic E-state index is -0.218. The monoisotopic (exact) mass is 314 g/mol. The highest BCUT2D eigenvalue weighted by Crippen LogP contribution is 2.19. The maximum atomic E-state index is 11.8. The van der Waals surface area contributed by atoms with Crippen molar-refractivity contribution in [2.75, 3.05) is 11.9 Å². The van der Waals surface area contributed by atoms with Gasteiger partial charge >= 0.3 is 6.03 Å². The lowest BCUT2D eigenvalue weighted by Crippen LogP contribution is -2.30. The number of urea groups is 1. The zero-order valence-corrected chi connectivity index (χ0v) is 13.4. The molecule has 3 aromatic rings. The van der Waals surface area contributed by atoms with Gasteiger partial charge in [0, 0.05) is 34.7 Å². The summed E-state index contributed by atoms with van der Waals surface area (Å²) in [6, 6.07) is 6.13. The third-order valence-corrected chi connectivity index (χ3v) is 4.27. The van der Waals surface area contributed by atoms with Crippen LogP contribution in [0, 0.1) is 13.8 Å². The summed E-state index contributed by atoms with van der Waals surface area (Å²) in [5.74, 6) is 0. The van der Waals surface area contributed by atoms with E-state index in [0.717, 1.165) is 16.8 Å². The molecule has 2 aromatic heterocycles. The second-order valence-corrected chi connectivity index (χ2v) is 6.50. The van der Waals surface area contributed by atoms with Gasteiger partial charge in [0.15, 0.2) is 5.13 Å². The van der Waals surface area contributed by atoms with Gasteiger partial charge in [-0.25, -0.2) is 9.78 Å². The van der Waals surface area contributed by atoms with Gasteiger partial charge < -0.3 is 10.3 Å². The van der Waals surface area contributed by atoms with Crippen molar-refractivity contribution in [2.24, 2.45) is 0 Å². The van der Waals surface area contributed by atoms with Crippen LogP contribution in [0.3, 0.4) is 0 Å². The minimum absolute atomic E-state index is 0.218. The molecule has 0 saturated heterocycles. The van der Waals surface area contributed by atoms with E-state index in [1.54, 1.807) is 6.20 Å². The van der Waals surface area contributed by atoms with E-state index in [9.17, 15) is 4.79 Å². The third kappa shape index (κ3) is 3.28. The molecule has 6 heteroatoms. The van der Waals surface area contributed by atoms with Crippen LogP contribution < -0.4 is 10.6 Å². The normalized spacial score (nSPS) is 10.8. The lowest BCUT2D eigenvalue weighted by Gasteiger charge is -2.05. The van der Waals surface area contributed by atoms with Gasteiger partial charge in [-0.05, 0) is 37.5 Å². The quantitative estimate of drug-likeness (QED) is 0.688. The predicted molar refractivity (Wildman–Crippen MR) is 90.6 cm³/mol. The van der Waals surface area contributed by atoms with Crippen LogP contribution in [0.5, 0.6) is 0 Å². The molecular weight excluding hydrogens is 296 g/mol. The average molecular weight is 314 g/mol. The summed E-state index contributed by atoms with van der Waals surface area (Å²) in [4.78, 5) is 20.2. The Labute approximate surface area is 132 Å². The number of thiazole rings is 1. The first-order valence-corrected chi connectivity index (χ1v) is 7.97. The first-order chi connectivity index (χ1) is 10.6. The average Bonchev–Trinajstić information content (AvgIpc) is 3.05. The molecule has 1 aromatic carbocycles. The van der Waals surface area contributed by atoms with Crippen LogP contribution in [0.4, 0.5) is 9.93 Å². The molecule has 2 amide bonds. The number of hydrogen-bond donors (Lipinski definition) is 3. The number of aromatic nitrogens is 2. The number of fused-ring (bicyclic) bond motifs is 1. The lowest BCUT2D eigenvalue weighted by atomic mass is 10.1. The molecule has 0 fully saturated rings. The van der Waals surface area contributed by atoms with Gasteiger partial charge in [-0.1, -0.05) is 12.1 Å². The number of nitrogens with one attached hydrogen (secondary N) is 3. The van der Waals surface area contributed by atoms with Crippen molar-refractivity contribution in [3.63, 3.8) is 0 Å². The van der Waals surface area contributed by atoms with Crippen molar-refractivity contribution in [3.05, 3.63) is 46.6 Å². The number of amides is 2. The van der Waals surface area contributed by atoms with E-state index in [4.69, 9.17) is 0 Å². The van der Waals surface area contributed by atoms with Crippen LogP contribution in [-0.2, 0) is 6.42 Å². The Morgan fingerprint density at radius 3 is 3.00 bits per heavy atom. The summed E-state index contributed by atoms with van der Waals surface area (Å²) < 4.78 is 0. The van der Waals surface area contributed by atoms with Gasteiger partial charge in [0.25, 0.3) is 0 Å². The number of aromatic amines is 1. The second-order valence-electron chi connectivity index (χ2n) is 5.27. The smallest absolute Gasteiger partial charge is 0.321 e. The molecule has 5 nitrogen and oxygen atoms in total. The molecule has 0 unspecified atom stereocenters. The summed E-state index contributed by atoms with van der Waals surface area (Å²) in [7, 11) is 0. The predicted octanol–water partition coefficient (Wildman–Crippen LogP) is 3.61. The molecule has 3 rings (SSSR count). The van der Waals surface area contributed by atoms with Crippen molar-refractivity contribution in [1.29, 1.82) is 0 Å². The van der Waals surface area contributed by atoms with Crippen LogP contribution in [0.25, 0.3) is 10.9 Å². The summed E-state index contributed by atoms with van der Waals surface area (Å²) in [6.45, 7) is 4.61. The number of H-pyrrole nitrogens is 1. The number of carbonyl (C=O) groups is 1. The third-order valence-electron chi connectivity index (χ3n) is 3.44. The van der Waals surface area contributed by atoms with E-state index >= 15 is 0 Å². The molecule has 0 saturated carbocycles. The van der Waals surface area contributed by atoms with Gasteiger partial charge in [0.05, 0.1) is 0 Å². The molecule has 0 aliphatic carbocycles. The Bertz CT molecular complexity index is 805. The highest BCUT2D eigenvalue weighted by Gasteiger charge is 2.06. The zero-order chi connectivity index (χ0) is 15.5. The van der Waals surface area contributed by atoms with Crippen molar-refractivity contribution >= 4 is 33.4 Å². The van der Waals surface area contributed by atoms with E-state index in [0.29, 0.717) is 11.7 Å². The number of rotatable bonds is 4. The van der Waals surface area contributed by atoms with Gasteiger partial charge in [-0.3, -0.25) is 5.32 Å². The van der Waals surface area contributed by atoms with Crippen LogP contribution in [0.1, 0.15) is 16.0 Å². The fraction of sp³-hybridized carbons (Fsp3) is 0.250. The van der Waals surface area contributed by atoms with E-state index in [1.165, 1.54) is 27.8 Å². The second kappa shape index (κ2) is 6.19. The van der Waals surface area contributed by atoms with E-state index in [-0.39, 0.29) is 6.03 Å².